The van der Waals surface area contributed by atoms with Gasteiger partial charge in [-0.25, -0.2) is 0 Å². The maximum atomic E-state index is 13.6. The summed E-state index contributed by atoms with van der Waals surface area (Å²) in [6.07, 6.45) is -5.54. The Hall–Kier alpha value is -3.82. The normalized spacial score (nSPS) is 15.1. The maximum absolute atomic E-state index is 13.6. The van der Waals surface area contributed by atoms with E-state index in [2.05, 4.69) is 5.32 Å². The van der Waals surface area contributed by atoms with Gasteiger partial charge in [-0.3, -0.25) is 9.59 Å². The van der Waals surface area contributed by atoms with Crippen molar-refractivity contribution >= 4 is 28.7 Å². The van der Waals surface area contributed by atoms with Crippen molar-refractivity contribution in [1.29, 1.82) is 0 Å². The number of nitrogens with one attached hydrogen (secondary N) is 2. The van der Waals surface area contributed by atoms with Crippen molar-refractivity contribution in [3.8, 4) is 0 Å². The van der Waals surface area contributed by atoms with Crippen LogP contribution in [0.25, 0.3) is 16.8 Å². The zero-order valence-electron chi connectivity index (χ0n) is 19.3. The Balaban J connectivity index is 1.56. The Morgan fingerprint density at radius 1 is 0.919 bits per heavy atom. The molecule has 194 valence electrons. The summed E-state index contributed by atoms with van der Waals surface area (Å²) in [5.41, 5.74) is -1.08. The fourth-order valence-electron chi connectivity index (χ4n) is 3.92. The second-order valence-electron chi connectivity index (χ2n) is 8.84. The third-order valence-electron chi connectivity index (χ3n) is 6.03. The highest BCUT2D eigenvalue weighted by Gasteiger charge is 2.42. The van der Waals surface area contributed by atoms with Crippen LogP contribution in [0, 0.1) is 5.92 Å². The van der Waals surface area contributed by atoms with Gasteiger partial charge in [0.05, 0.1) is 5.56 Å². The predicted molar refractivity (Wildman–Crippen MR) is 126 cm³/mol. The highest BCUT2D eigenvalue weighted by Crippen LogP contribution is 2.36. The Morgan fingerprint density at radius 3 is 2.27 bits per heavy atom. The summed E-state index contributed by atoms with van der Waals surface area (Å²) in [5, 5.41) is 5.85. The average molecular weight is 520 g/mol. The van der Waals surface area contributed by atoms with Gasteiger partial charge in [0.2, 0.25) is 5.91 Å². The molecule has 0 radical (unpaired) electrons. The van der Waals surface area contributed by atoms with Crippen LogP contribution in [-0.2, 0) is 11.0 Å². The van der Waals surface area contributed by atoms with Crippen LogP contribution in [0.2, 0.25) is 0 Å². The lowest BCUT2D eigenvalue weighted by Crippen LogP contribution is -2.37. The minimum Gasteiger partial charge on any atom is -0.352 e. The topological polar surface area (TPSA) is 58.2 Å². The van der Waals surface area contributed by atoms with Crippen molar-refractivity contribution in [3.63, 3.8) is 0 Å². The van der Waals surface area contributed by atoms with Gasteiger partial charge in [-0.1, -0.05) is 42.5 Å². The maximum Gasteiger partial charge on any atom is 0.416 e. The van der Waals surface area contributed by atoms with Crippen molar-refractivity contribution < 1.29 is 35.9 Å². The third-order valence-corrected chi connectivity index (χ3v) is 6.03. The zero-order chi connectivity index (χ0) is 26.8. The Bertz CT molecular complexity index is 1340. The van der Waals surface area contributed by atoms with E-state index in [1.54, 1.807) is 41.7 Å². The second kappa shape index (κ2) is 10.3. The quantitative estimate of drug-likeness (QED) is 0.279. The fourth-order valence-corrected chi connectivity index (χ4v) is 3.92. The molecule has 1 atom stereocenters. The second-order valence-corrected chi connectivity index (χ2v) is 8.84. The number of hydrogen-bond donors (Lipinski definition) is 2. The standard InChI is InChI=1S/C27H22F6N2O2/c28-26(29,30)19-5-3-4-18(14-19)24(27(31,32)33)35-23(36)13-11-17-10-12-22(21-7-2-1-6-20(17)21)25(37)34-15-16-8-9-16/h1-7,10-14,16,24H,8-9,15H2,(H,34,37)(H,35,36). The zero-order valence-corrected chi connectivity index (χ0v) is 19.3. The lowest BCUT2D eigenvalue weighted by atomic mass is 9.98. The van der Waals surface area contributed by atoms with Crippen LogP contribution in [0.4, 0.5) is 26.3 Å². The van der Waals surface area contributed by atoms with Crippen LogP contribution < -0.4 is 10.6 Å². The van der Waals surface area contributed by atoms with Crippen LogP contribution in [0.15, 0.2) is 66.7 Å². The van der Waals surface area contributed by atoms with Crippen LogP contribution in [0.3, 0.4) is 0 Å². The van der Waals surface area contributed by atoms with Gasteiger partial charge in [-0.15, -0.1) is 0 Å². The summed E-state index contributed by atoms with van der Waals surface area (Å²) in [7, 11) is 0. The molecule has 1 saturated carbocycles. The fraction of sp³-hybridized carbons (Fsp3) is 0.259. The molecule has 0 saturated heterocycles. The highest BCUT2D eigenvalue weighted by atomic mass is 19.4. The Kier molecular flexibility index (Phi) is 7.29. The average Bonchev–Trinajstić information content (AvgIpc) is 3.68. The minimum absolute atomic E-state index is 0.245. The first-order valence-electron chi connectivity index (χ1n) is 11.5. The lowest BCUT2D eigenvalue weighted by molar-refractivity contribution is -0.162. The molecular formula is C27H22F6N2O2. The summed E-state index contributed by atoms with van der Waals surface area (Å²) < 4.78 is 79.9. The molecule has 2 amide bonds. The number of carbonyl (C=O) groups excluding carboxylic acids is 2. The summed E-state index contributed by atoms with van der Waals surface area (Å²) in [6, 6.07) is 10.2. The number of fused-ring (bicyclic) bond motifs is 1. The molecule has 3 aromatic rings. The number of benzene rings is 3. The molecule has 1 aliphatic rings. The Morgan fingerprint density at radius 2 is 1.62 bits per heavy atom. The number of rotatable bonds is 7. The molecule has 10 heteroatoms. The van der Waals surface area contributed by atoms with Gasteiger partial charge in [0.1, 0.15) is 0 Å². The van der Waals surface area contributed by atoms with Crippen LogP contribution in [-0.4, -0.2) is 24.5 Å². The molecule has 1 aliphatic carbocycles. The lowest BCUT2D eigenvalue weighted by Gasteiger charge is -2.22. The molecule has 0 spiro atoms. The summed E-state index contributed by atoms with van der Waals surface area (Å²) in [6.45, 7) is 0.585. The van der Waals surface area contributed by atoms with Gasteiger partial charge in [0, 0.05) is 18.2 Å². The van der Waals surface area contributed by atoms with E-state index in [9.17, 15) is 35.9 Å². The number of halogens is 6. The van der Waals surface area contributed by atoms with E-state index in [1.165, 1.54) is 6.08 Å². The molecule has 0 aromatic heterocycles. The van der Waals surface area contributed by atoms with Gasteiger partial charge in [-0.2, -0.15) is 26.3 Å². The minimum atomic E-state index is -5.03. The molecule has 0 bridgehead atoms. The van der Waals surface area contributed by atoms with E-state index < -0.39 is 35.4 Å². The molecule has 1 fully saturated rings. The molecule has 4 nitrogen and oxygen atoms in total. The van der Waals surface area contributed by atoms with Crippen molar-refractivity contribution in [2.24, 2.45) is 5.92 Å². The van der Waals surface area contributed by atoms with Gasteiger partial charge in [0.25, 0.3) is 5.91 Å². The van der Waals surface area contributed by atoms with E-state index in [0.717, 1.165) is 31.1 Å². The monoisotopic (exact) mass is 520 g/mol. The van der Waals surface area contributed by atoms with Crippen molar-refractivity contribution in [2.45, 2.75) is 31.2 Å². The summed E-state index contributed by atoms with van der Waals surface area (Å²) in [4.78, 5) is 25.0. The van der Waals surface area contributed by atoms with E-state index in [1.807, 2.05) is 0 Å². The number of alkyl halides is 6. The van der Waals surface area contributed by atoms with Gasteiger partial charge in [0.15, 0.2) is 6.04 Å². The van der Waals surface area contributed by atoms with Crippen LogP contribution >= 0.6 is 0 Å². The van der Waals surface area contributed by atoms with Gasteiger partial charge in [-0.05, 0) is 64.9 Å². The van der Waals surface area contributed by atoms with Crippen molar-refractivity contribution in [2.75, 3.05) is 6.54 Å². The molecule has 3 aromatic carbocycles. The SMILES string of the molecule is O=C(C=Cc1ccc(C(=O)NCC2CC2)c2ccccc12)NC(c1cccc(C(F)(F)F)c1)C(F)(F)F. The van der Waals surface area contributed by atoms with Crippen LogP contribution in [0.5, 0.6) is 0 Å². The smallest absolute Gasteiger partial charge is 0.352 e. The summed E-state index contributed by atoms with van der Waals surface area (Å²) in [5.74, 6) is -0.895. The Labute approximate surface area is 208 Å². The highest BCUT2D eigenvalue weighted by molar-refractivity contribution is 6.09. The first kappa shape index (κ1) is 26.2. The first-order chi connectivity index (χ1) is 17.4. The number of carbonyl (C=O) groups is 2. The van der Waals surface area contributed by atoms with E-state index >= 15 is 0 Å². The van der Waals surface area contributed by atoms with Gasteiger partial charge < -0.3 is 10.6 Å². The van der Waals surface area contributed by atoms with Crippen LogP contribution in [0.1, 0.15) is 45.9 Å². The molecule has 2 N–H and O–H groups in total. The number of hydrogen-bond acceptors (Lipinski definition) is 2. The van der Waals surface area contributed by atoms with E-state index in [4.69, 9.17) is 0 Å². The first-order valence-corrected chi connectivity index (χ1v) is 11.5. The summed E-state index contributed by atoms with van der Waals surface area (Å²) >= 11 is 0. The molecule has 37 heavy (non-hydrogen) atoms. The van der Waals surface area contributed by atoms with Crippen molar-refractivity contribution in [3.05, 3.63) is 89.0 Å². The number of amides is 2. The molecule has 4 rings (SSSR count). The molecule has 1 unspecified atom stereocenters. The largest absolute Gasteiger partial charge is 0.416 e. The molecule has 0 aliphatic heterocycles. The molecule has 0 heterocycles. The van der Waals surface area contributed by atoms with Gasteiger partial charge >= 0.3 is 12.4 Å². The van der Waals surface area contributed by atoms with E-state index in [0.29, 0.717) is 46.5 Å². The van der Waals surface area contributed by atoms with E-state index in [-0.39, 0.29) is 5.91 Å². The van der Waals surface area contributed by atoms with Crippen molar-refractivity contribution in [1.82, 2.24) is 10.6 Å². The molecular weight excluding hydrogens is 498 g/mol. The predicted octanol–water partition coefficient (Wildman–Crippen LogP) is 6.43. The third kappa shape index (κ3) is 6.49.